The maximum Gasteiger partial charge on any atom is 0.323 e. The van der Waals surface area contributed by atoms with Gasteiger partial charge in [0.25, 0.3) is 0 Å². The second-order valence-corrected chi connectivity index (χ2v) is 4.72. The lowest BCUT2D eigenvalue weighted by atomic mass is 9.88. The zero-order valence-electron chi connectivity index (χ0n) is 10.4. The van der Waals surface area contributed by atoms with Gasteiger partial charge >= 0.3 is 5.97 Å². The van der Waals surface area contributed by atoms with Gasteiger partial charge in [0.2, 0.25) is 0 Å². The quantitative estimate of drug-likeness (QED) is 0.731. The third-order valence-electron chi connectivity index (χ3n) is 3.51. The Balaban J connectivity index is 2.07. The summed E-state index contributed by atoms with van der Waals surface area (Å²) in [5.74, 6) is -1.01. The number of benzene rings is 1. The van der Waals surface area contributed by atoms with Crippen LogP contribution in [0.2, 0.25) is 0 Å². The molecule has 0 bridgehead atoms. The van der Waals surface area contributed by atoms with Crippen molar-refractivity contribution in [2.24, 2.45) is 0 Å². The Morgan fingerprint density at radius 3 is 2.83 bits per heavy atom. The fourth-order valence-electron chi connectivity index (χ4n) is 2.49. The van der Waals surface area contributed by atoms with Gasteiger partial charge in [-0.2, -0.15) is 0 Å². The van der Waals surface area contributed by atoms with E-state index in [4.69, 9.17) is 10.2 Å². The molecular weight excluding hydrogens is 230 g/mol. The minimum atomic E-state index is -1.01. The molecule has 98 valence electrons. The first-order valence-corrected chi connectivity index (χ1v) is 6.39. The molecule has 0 unspecified atom stereocenters. The lowest BCUT2D eigenvalue weighted by Crippen LogP contribution is -2.39. The summed E-state index contributed by atoms with van der Waals surface area (Å²) < 4.78 is 0. The molecule has 0 heterocycles. The van der Waals surface area contributed by atoms with Gasteiger partial charge in [-0.3, -0.25) is 10.1 Å². The molecule has 18 heavy (non-hydrogen) atoms. The van der Waals surface area contributed by atoms with Gasteiger partial charge < -0.3 is 10.2 Å². The van der Waals surface area contributed by atoms with Crippen molar-refractivity contribution in [3.63, 3.8) is 0 Å². The number of aliphatic hydroxyl groups is 1. The number of carboxylic acids is 1. The normalized spacial score (nSPS) is 16.1. The summed E-state index contributed by atoms with van der Waals surface area (Å²) in [6, 6.07) is 5.33. The topological polar surface area (TPSA) is 69.6 Å². The van der Waals surface area contributed by atoms with Crippen LogP contribution < -0.4 is 5.32 Å². The number of hydrogen-bond donors (Lipinski definition) is 3. The van der Waals surface area contributed by atoms with Gasteiger partial charge in [-0.1, -0.05) is 18.2 Å². The Kier molecular flexibility index (Phi) is 4.33. The zero-order valence-corrected chi connectivity index (χ0v) is 10.4. The second-order valence-electron chi connectivity index (χ2n) is 4.72. The van der Waals surface area contributed by atoms with Gasteiger partial charge in [0.1, 0.15) is 6.04 Å². The first-order chi connectivity index (χ1) is 8.72. The molecule has 1 atom stereocenters. The van der Waals surface area contributed by atoms with Gasteiger partial charge in [0.15, 0.2) is 0 Å². The van der Waals surface area contributed by atoms with E-state index in [1.54, 1.807) is 0 Å². The maximum atomic E-state index is 10.8. The van der Waals surface area contributed by atoms with Crippen molar-refractivity contribution in [2.45, 2.75) is 38.3 Å². The van der Waals surface area contributed by atoms with Crippen molar-refractivity contribution in [3.8, 4) is 0 Å². The number of fused-ring (bicyclic) bond motifs is 1. The second kappa shape index (κ2) is 5.98. The molecule has 0 saturated carbocycles. The Morgan fingerprint density at radius 1 is 1.33 bits per heavy atom. The van der Waals surface area contributed by atoms with E-state index in [1.165, 1.54) is 24.0 Å². The number of hydrogen-bond acceptors (Lipinski definition) is 3. The summed E-state index contributed by atoms with van der Waals surface area (Å²) in [5, 5.41) is 20.7. The first-order valence-electron chi connectivity index (χ1n) is 6.39. The molecule has 0 spiro atoms. The number of aliphatic carboxylic acids is 1. The van der Waals surface area contributed by atoms with Crippen molar-refractivity contribution in [2.75, 3.05) is 6.61 Å². The molecule has 0 radical (unpaired) electrons. The Morgan fingerprint density at radius 2 is 2.11 bits per heavy atom. The van der Waals surface area contributed by atoms with Crippen molar-refractivity contribution in [1.29, 1.82) is 0 Å². The number of aliphatic hydroxyl groups excluding tert-OH is 1. The molecule has 1 aliphatic carbocycles. The number of nitrogens with one attached hydrogen (secondary N) is 1. The van der Waals surface area contributed by atoms with E-state index in [-0.39, 0.29) is 6.61 Å². The lowest BCUT2D eigenvalue weighted by molar-refractivity contribution is -0.140. The standard InChI is InChI=1S/C14H19NO3/c16-9-13(14(17)18)15-8-11-6-3-5-10-4-1-2-7-12(10)11/h3,5-6,13,15-16H,1-2,4,7-9H2,(H,17,18)/t13-/m1/s1. The van der Waals surface area contributed by atoms with Gasteiger partial charge in [0, 0.05) is 6.54 Å². The average Bonchev–Trinajstić information content (AvgIpc) is 2.39. The number of rotatable bonds is 5. The van der Waals surface area contributed by atoms with Crippen LogP contribution >= 0.6 is 0 Å². The van der Waals surface area contributed by atoms with Crippen LogP contribution in [0.5, 0.6) is 0 Å². The minimum absolute atomic E-state index is 0.385. The lowest BCUT2D eigenvalue weighted by Gasteiger charge is -2.20. The number of carbonyl (C=O) groups is 1. The average molecular weight is 249 g/mol. The van der Waals surface area contributed by atoms with Crippen molar-refractivity contribution >= 4 is 5.97 Å². The van der Waals surface area contributed by atoms with E-state index in [0.717, 1.165) is 18.4 Å². The maximum absolute atomic E-state index is 10.8. The molecule has 4 heteroatoms. The third kappa shape index (κ3) is 2.89. The first kappa shape index (κ1) is 13.1. The molecule has 1 aromatic rings. The molecule has 0 amide bonds. The molecule has 1 aromatic carbocycles. The highest BCUT2D eigenvalue weighted by Gasteiger charge is 2.17. The highest BCUT2D eigenvalue weighted by Crippen LogP contribution is 2.24. The minimum Gasteiger partial charge on any atom is -0.480 e. The van der Waals surface area contributed by atoms with Gasteiger partial charge in [0.05, 0.1) is 6.61 Å². The summed E-state index contributed by atoms with van der Waals surface area (Å²) in [4.78, 5) is 10.8. The fourth-order valence-corrected chi connectivity index (χ4v) is 2.49. The van der Waals surface area contributed by atoms with E-state index < -0.39 is 12.0 Å². The van der Waals surface area contributed by atoms with Gasteiger partial charge in [-0.05, 0) is 42.4 Å². The van der Waals surface area contributed by atoms with Crippen LogP contribution in [-0.2, 0) is 24.2 Å². The fraction of sp³-hybridized carbons (Fsp3) is 0.500. The molecule has 0 aliphatic heterocycles. The largest absolute Gasteiger partial charge is 0.480 e. The number of aryl methyl sites for hydroxylation is 1. The van der Waals surface area contributed by atoms with Crippen LogP contribution in [0.1, 0.15) is 29.5 Å². The van der Waals surface area contributed by atoms with Crippen molar-refractivity contribution in [3.05, 3.63) is 34.9 Å². The van der Waals surface area contributed by atoms with E-state index in [1.807, 2.05) is 12.1 Å². The Hall–Kier alpha value is -1.39. The molecule has 0 saturated heterocycles. The highest BCUT2D eigenvalue weighted by molar-refractivity contribution is 5.73. The van der Waals surface area contributed by atoms with Crippen molar-refractivity contribution in [1.82, 2.24) is 5.32 Å². The van der Waals surface area contributed by atoms with Crippen LogP contribution in [0.25, 0.3) is 0 Å². The molecule has 3 N–H and O–H groups in total. The Bertz CT molecular complexity index is 431. The van der Waals surface area contributed by atoms with Crippen molar-refractivity contribution < 1.29 is 15.0 Å². The van der Waals surface area contributed by atoms with Crippen LogP contribution in [-0.4, -0.2) is 28.8 Å². The molecule has 0 aromatic heterocycles. The summed E-state index contributed by atoms with van der Waals surface area (Å²) in [6.45, 7) is 0.116. The number of carboxylic acid groups (broad SMARTS) is 1. The zero-order chi connectivity index (χ0) is 13.0. The summed E-state index contributed by atoms with van der Waals surface area (Å²) >= 11 is 0. The smallest absolute Gasteiger partial charge is 0.323 e. The monoisotopic (exact) mass is 249 g/mol. The van der Waals surface area contributed by atoms with E-state index in [9.17, 15) is 4.79 Å². The van der Waals surface area contributed by atoms with Crippen LogP contribution in [0.4, 0.5) is 0 Å². The molecule has 0 fully saturated rings. The summed E-state index contributed by atoms with van der Waals surface area (Å²) in [6.07, 6.45) is 4.63. The summed E-state index contributed by atoms with van der Waals surface area (Å²) in [7, 11) is 0. The van der Waals surface area contributed by atoms with Crippen LogP contribution in [0.15, 0.2) is 18.2 Å². The van der Waals surface area contributed by atoms with E-state index >= 15 is 0 Å². The van der Waals surface area contributed by atoms with E-state index in [2.05, 4.69) is 11.4 Å². The third-order valence-corrected chi connectivity index (χ3v) is 3.51. The van der Waals surface area contributed by atoms with Crippen LogP contribution in [0, 0.1) is 0 Å². The van der Waals surface area contributed by atoms with Gasteiger partial charge in [-0.25, -0.2) is 0 Å². The molecule has 1 aliphatic rings. The SMILES string of the molecule is O=C(O)[C@@H](CO)NCc1cccc2c1CCCC2. The predicted molar refractivity (Wildman–Crippen MR) is 68.4 cm³/mol. The Labute approximate surface area is 107 Å². The summed E-state index contributed by atoms with van der Waals surface area (Å²) in [5.41, 5.74) is 3.90. The molecular formula is C14H19NO3. The van der Waals surface area contributed by atoms with Crippen LogP contribution in [0.3, 0.4) is 0 Å². The predicted octanol–water partition coefficient (Wildman–Crippen LogP) is 1.10. The van der Waals surface area contributed by atoms with E-state index in [0.29, 0.717) is 6.54 Å². The highest BCUT2D eigenvalue weighted by atomic mass is 16.4. The van der Waals surface area contributed by atoms with Gasteiger partial charge in [-0.15, -0.1) is 0 Å². The molecule has 4 nitrogen and oxygen atoms in total. The molecule has 2 rings (SSSR count).